The quantitative estimate of drug-likeness (QED) is 0.392. The number of alkyl halides is 2. The molecular formula is C9H4Cl4O3. The van der Waals surface area contributed by atoms with Gasteiger partial charge in [0.2, 0.25) is 0 Å². The van der Waals surface area contributed by atoms with E-state index in [1.807, 2.05) is 0 Å². The molecule has 3 aliphatic rings. The van der Waals surface area contributed by atoms with Crippen LogP contribution in [0.3, 0.4) is 0 Å². The van der Waals surface area contributed by atoms with Gasteiger partial charge in [-0.2, -0.15) is 0 Å². The molecule has 0 N–H and O–H groups in total. The first-order chi connectivity index (χ1) is 7.32. The summed E-state index contributed by atoms with van der Waals surface area (Å²) >= 11 is 24.5. The first kappa shape index (κ1) is 11.1. The van der Waals surface area contributed by atoms with E-state index in [1.54, 1.807) is 0 Å². The Hall–Kier alpha value is 0.0400. The normalized spacial score (nSPS) is 50.0. The molecule has 2 bridgehead atoms. The van der Waals surface area contributed by atoms with E-state index in [-0.39, 0.29) is 16.5 Å². The number of cyclic esters (lactones) is 2. The van der Waals surface area contributed by atoms with Crippen LogP contribution in [0.4, 0.5) is 0 Å². The Morgan fingerprint density at radius 2 is 1.38 bits per heavy atom. The molecule has 3 nitrogen and oxygen atoms in total. The fraction of sp³-hybridized carbons (Fsp3) is 0.556. The third-order valence-electron chi connectivity index (χ3n) is 3.47. The molecule has 0 radical (unpaired) electrons. The molecule has 7 heteroatoms. The highest BCUT2D eigenvalue weighted by molar-refractivity contribution is 6.52. The Morgan fingerprint density at radius 3 is 1.75 bits per heavy atom. The van der Waals surface area contributed by atoms with E-state index < -0.39 is 33.5 Å². The van der Waals surface area contributed by atoms with Crippen molar-refractivity contribution in [2.24, 2.45) is 11.8 Å². The molecule has 0 amide bonds. The molecule has 3 rings (SSSR count). The van der Waals surface area contributed by atoms with Gasteiger partial charge < -0.3 is 4.74 Å². The second-order valence-corrected chi connectivity index (χ2v) is 6.33. The Kier molecular flexibility index (Phi) is 2.01. The van der Waals surface area contributed by atoms with Crippen LogP contribution < -0.4 is 0 Å². The number of hydrogen-bond acceptors (Lipinski definition) is 3. The van der Waals surface area contributed by atoms with Crippen LogP contribution in [-0.4, -0.2) is 21.7 Å². The molecule has 0 spiro atoms. The minimum absolute atomic E-state index is 0.152. The number of esters is 2. The zero-order valence-corrected chi connectivity index (χ0v) is 10.6. The average molecular weight is 302 g/mol. The maximum atomic E-state index is 11.5. The second kappa shape index (κ2) is 2.89. The highest BCUT2D eigenvalue weighted by Crippen LogP contribution is 2.69. The maximum Gasteiger partial charge on any atom is 0.319 e. The molecular weight excluding hydrogens is 298 g/mol. The fourth-order valence-corrected chi connectivity index (χ4v) is 4.70. The van der Waals surface area contributed by atoms with Gasteiger partial charge in [0.1, 0.15) is 0 Å². The van der Waals surface area contributed by atoms with Gasteiger partial charge in [-0.1, -0.05) is 23.2 Å². The summed E-state index contributed by atoms with van der Waals surface area (Å²) in [6.07, 6.45) is 0.178. The molecule has 16 heavy (non-hydrogen) atoms. The predicted molar refractivity (Wildman–Crippen MR) is 58.6 cm³/mol. The zero-order valence-electron chi connectivity index (χ0n) is 7.60. The van der Waals surface area contributed by atoms with E-state index in [4.69, 9.17) is 46.4 Å². The Balaban J connectivity index is 2.25. The Morgan fingerprint density at radius 1 is 1.00 bits per heavy atom. The van der Waals surface area contributed by atoms with E-state index in [1.165, 1.54) is 0 Å². The lowest BCUT2D eigenvalue weighted by molar-refractivity contribution is -0.154. The summed E-state index contributed by atoms with van der Waals surface area (Å²) in [5, 5.41) is 0.303. The number of rotatable bonds is 0. The van der Waals surface area contributed by atoms with Crippen LogP contribution in [0.5, 0.6) is 0 Å². The van der Waals surface area contributed by atoms with E-state index in [0.29, 0.717) is 0 Å². The largest absolute Gasteiger partial charge is 0.393 e. The van der Waals surface area contributed by atoms with Crippen molar-refractivity contribution in [1.82, 2.24) is 0 Å². The van der Waals surface area contributed by atoms with Crippen molar-refractivity contribution in [3.8, 4) is 0 Å². The van der Waals surface area contributed by atoms with Crippen molar-refractivity contribution >= 4 is 58.3 Å². The zero-order chi connectivity index (χ0) is 11.9. The third-order valence-corrected chi connectivity index (χ3v) is 5.92. The summed E-state index contributed by atoms with van der Waals surface area (Å²) in [4.78, 5) is 20.7. The molecule has 0 unspecified atom stereocenters. The molecule has 1 aliphatic heterocycles. The Bertz CT molecular complexity index is 433. The van der Waals surface area contributed by atoms with Gasteiger partial charge in [-0.05, 0) is 6.42 Å². The molecule has 0 aromatic carbocycles. The summed E-state index contributed by atoms with van der Waals surface area (Å²) in [5.41, 5.74) is 0. The van der Waals surface area contributed by atoms with Crippen molar-refractivity contribution < 1.29 is 14.3 Å². The summed E-state index contributed by atoms with van der Waals surface area (Å²) in [7, 11) is 0. The maximum absolute atomic E-state index is 11.5. The van der Waals surface area contributed by atoms with Gasteiger partial charge in [0.15, 0.2) is 0 Å². The fourth-order valence-electron chi connectivity index (χ4n) is 2.79. The summed E-state index contributed by atoms with van der Waals surface area (Å²) in [6, 6.07) is 0. The number of halogens is 4. The van der Waals surface area contributed by atoms with Crippen LogP contribution >= 0.6 is 46.4 Å². The number of allylic oxidation sites excluding steroid dienone is 2. The first-order valence-electron chi connectivity index (χ1n) is 4.52. The highest BCUT2D eigenvalue weighted by atomic mass is 35.5. The van der Waals surface area contributed by atoms with Crippen molar-refractivity contribution in [3.63, 3.8) is 0 Å². The number of hydrogen-bond donors (Lipinski definition) is 0. The Labute approximate surface area is 111 Å². The smallest absolute Gasteiger partial charge is 0.319 e. The lowest BCUT2D eigenvalue weighted by Gasteiger charge is -2.27. The molecule has 0 aromatic rings. The number of carbonyl (C=O) groups is 2. The van der Waals surface area contributed by atoms with Gasteiger partial charge in [0.25, 0.3) is 0 Å². The van der Waals surface area contributed by atoms with E-state index in [0.717, 1.165) is 0 Å². The van der Waals surface area contributed by atoms with Crippen LogP contribution in [0.2, 0.25) is 0 Å². The molecule has 1 saturated carbocycles. The standard InChI is InChI=1S/C9H4Cl4O3/c10-4-5(11)9(13)1-8(4,12)2-3(9)7(15)16-6(2)14/h2-3H,1H2/t2-,3+,8+,9-. The predicted octanol–water partition coefficient (Wildman–Crippen LogP) is 2.36. The topological polar surface area (TPSA) is 43.4 Å². The van der Waals surface area contributed by atoms with Gasteiger partial charge >= 0.3 is 11.9 Å². The minimum atomic E-state index is -1.19. The van der Waals surface area contributed by atoms with E-state index in [2.05, 4.69) is 4.74 Å². The van der Waals surface area contributed by atoms with Gasteiger partial charge in [-0.15, -0.1) is 23.2 Å². The van der Waals surface area contributed by atoms with Crippen molar-refractivity contribution in [3.05, 3.63) is 10.1 Å². The molecule has 0 aromatic heterocycles. The summed E-state index contributed by atoms with van der Waals surface area (Å²) in [5.74, 6) is -2.99. The average Bonchev–Trinajstić information content (AvgIpc) is 2.68. The van der Waals surface area contributed by atoms with E-state index >= 15 is 0 Å². The highest BCUT2D eigenvalue weighted by Gasteiger charge is 2.76. The molecule has 2 aliphatic carbocycles. The summed E-state index contributed by atoms with van der Waals surface area (Å²) in [6.45, 7) is 0. The van der Waals surface area contributed by atoms with Gasteiger partial charge in [-0.25, -0.2) is 0 Å². The third kappa shape index (κ3) is 0.953. The minimum Gasteiger partial charge on any atom is -0.393 e. The van der Waals surface area contributed by atoms with Crippen molar-refractivity contribution in [2.45, 2.75) is 16.2 Å². The monoisotopic (exact) mass is 300 g/mol. The lowest BCUT2D eigenvalue weighted by atomic mass is 9.84. The van der Waals surface area contributed by atoms with Crippen LogP contribution in [0.1, 0.15) is 6.42 Å². The van der Waals surface area contributed by atoms with Crippen LogP contribution in [0, 0.1) is 11.8 Å². The van der Waals surface area contributed by atoms with Gasteiger partial charge in [0, 0.05) is 0 Å². The number of ether oxygens (including phenoxy) is 1. The summed E-state index contributed by atoms with van der Waals surface area (Å²) < 4.78 is 4.55. The van der Waals surface area contributed by atoms with Gasteiger partial charge in [-0.3, -0.25) is 9.59 Å². The SMILES string of the molecule is O=C1OC(=O)[C@H]2[C@@H]1[C@]1(Cl)C[C@@]2(Cl)C(Cl)=C1Cl. The molecule has 1 heterocycles. The molecule has 2 fully saturated rings. The van der Waals surface area contributed by atoms with Crippen LogP contribution in [0.25, 0.3) is 0 Å². The number of carbonyl (C=O) groups excluding carboxylic acids is 2. The van der Waals surface area contributed by atoms with E-state index in [9.17, 15) is 9.59 Å². The molecule has 86 valence electrons. The number of fused-ring (bicyclic) bond motifs is 5. The lowest BCUT2D eigenvalue weighted by Crippen LogP contribution is -2.38. The van der Waals surface area contributed by atoms with Gasteiger partial charge in [0.05, 0.1) is 31.6 Å². The molecule has 1 saturated heterocycles. The second-order valence-electron chi connectivity index (χ2n) is 4.23. The van der Waals surface area contributed by atoms with Crippen LogP contribution in [0.15, 0.2) is 10.1 Å². The van der Waals surface area contributed by atoms with Crippen molar-refractivity contribution in [1.29, 1.82) is 0 Å². The molecule has 4 atom stereocenters. The van der Waals surface area contributed by atoms with Crippen LogP contribution in [-0.2, 0) is 14.3 Å². The van der Waals surface area contributed by atoms with Crippen molar-refractivity contribution in [2.75, 3.05) is 0 Å². The first-order valence-corrected chi connectivity index (χ1v) is 6.03.